The average Bonchev–Trinajstić information content (AvgIpc) is 2.95. The molecule has 5 atom stereocenters. The third kappa shape index (κ3) is 8.33. The van der Waals surface area contributed by atoms with Crippen molar-refractivity contribution < 1.29 is 28.5 Å². The van der Waals surface area contributed by atoms with Crippen LogP contribution in [0.3, 0.4) is 0 Å². The number of rotatable bonds is 12. The second-order valence-corrected chi connectivity index (χ2v) is 16.7. The van der Waals surface area contributed by atoms with Gasteiger partial charge in [-0.2, -0.15) is 0 Å². The highest BCUT2D eigenvalue weighted by atomic mass is 28.4. The van der Waals surface area contributed by atoms with Crippen LogP contribution in [0.25, 0.3) is 0 Å². The number of aliphatic hydroxyl groups excluding tert-OH is 1. The molecule has 40 heavy (non-hydrogen) atoms. The van der Waals surface area contributed by atoms with Crippen LogP contribution in [0.15, 0.2) is 91.0 Å². The van der Waals surface area contributed by atoms with Gasteiger partial charge in [0.05, 0.1) is 26.4 Å². The quantitative estimate of drug-likeness (QED) is 0.254. The van der Waals surface area contributed by atoms with Crippen LogP contribution in [0.1, 0.15) is 37.5 Å². The number of benzene rings is 3. The second kappa shape index (κ2) is 14.0. The summed E-state index contributed by atoms with van der Waals surface area (Å²) in [5.41, 5.74) is 3.07. The first-order chi connectivity index (χ1) is 19.1. The predicted octanol–water partition coefficient (Wildman–Crippen LogP) is 6.48. The van der Waals surface area contributed by atoms with Gasteiger partial charge < -0.3 is 28.5 Å². The molecular weight excluding hydrogens is 520 g/mol. The van der Waals surface area contributed by atoms with Crippen molar-refractivity contribution in [3.63, 3.8) is 0 Å². The molecule has 7 heteroatoms. The van der Waals surface area contributed by atoms with Crippen molar-refractivity contribution in [1.29, 1.82) is 0 Å². The van der Waals surface area contributed by atoms with Crippen molar-refractivity contribution in [3.8, 4) is 0 Å². The molecular formula is C33H44O6Si. The molecule has 0 amide bonds. The summed E-state index contributed by atoms with van der Waals surface area (Å²) >= 11 is 0. The van der Waals surface area contributed by atoms with Gasteiger partial charge in [-0.15, -0.1) is 0 Å². The molecule has 1 N–H and O–H groups in total. The first-order valence-corrected chi connectivity index (χ1v) is 17.0. The van der Waals surface area contributed by atoms with E-state index in [0.29, 0.717) is 26.4 Å². The van der Waals surface area contributed by atoms with Gasteiger partial charge in [0.1, 0.15) is 24.4 Å². The lowest BCUT2D eigenvalue weighted by Crippen LogP contribution is -2.61. The molecule has 4 rings (SSSR count). The van der Waals surface area contributed by atoms with E-state index in [2.05, 4.69) is 33.9 Å². The molecule has 3 aromatic rings. The van der Waals surface area contributed by atoms with Gasteiger partial charge in [0.25, 0.3) is 0 Å². The van der Waals surface area contributed by atoms with Crippen molar-refractivity contribution in [3.05, 3.63) is 108 Å². The molecule has 0 radical (unpaired) electrons. The monoisotopic (exact) mass is 564 g/mol. The largest absolute Gasteiger partial charge is 0.414 e. The standard InChI is InChI=1S/C33H44O6Si/c1-33(2,3)40(4,5)38-24-28-29(35-21-25-15-9-6-10-16-25)30(36-22-26-17-11-7-12-18-26)31(32(34)39-28)37-23-27-19-13-8-14-20-27/h6-20,28-32,34H,21-24H2,1-5H3/t28-,29+,30-,31-,32+/m1/s1. The Labute approximate surface area is 240 Å². The Morgan fingerprint density at radius 1 is 0.650 bits per heavy atom. The molecule has 1 saturated heterocycles. The molecule has 0 aromatic heterocycles. The summed E-state index contributed by atoms with van der Waals surface area (Å²) in [7, 11) is -2.09. The Bertz CT molecular complexity index is 1140. The maximum Gasteiger partial charge on any atom is 0.192 e. The summed E-state index contributed by atoms with van der Waals surface area (Å²) in [4.78, 5) is 0. The van der Waals surface area contributed by atoms with Crippen molar-refractivity contribution in [1.82, 2.24) is 0 Å². The molecule has 1 heterocycles. The summed E-state index contributed by atoms with van der Waals surface area (Å²) in [5, 5.41) is 11.3. The Balaban J connectivity index is 1.60. The van der Waals surface area contributed by atoms with Crippen LogP contribution in [0.2, 0.25) is 18.1 Å². The average molecular weight is 565 g/mol. The molecule has 216 valence electrons. The van der Waals surface area contributed by atoms with Gasteiger partial charge in [-0.1, -0.05) is 112 Å². The van der Waals surface area contributed by atoms with Gasteiger partial charge in [-0.3, -0.25) is 0 Å². The molecule has 0 aliphatic carbocycles. The highest BCUT2D eigenvalue weighted by molar-refractivity contribution is 6.74. The van der Waals surface area contributed by atoms with Crippen LogP contribution >= 0.6 is 0 Å². The second-order valence-electron chi connectivity index (χ2n) is 11.9. The fraction of sp³-hybridized carbons (Fsp3) is 0.455. The van der Waals surface area contributed by atoms with Gasteiger partial charge in [-0.05, 0) is 34.8 Å². The van der Waals surface area contributed by atoms with Crippen molar-refractivity contribution in [2.24, 2.45) is 0 Å². The summed E-state index contributed by atoms with van der Waals surface area (Å²) in [6, 6.07) is 29.9. The highest BCUT2D eigenvalue weighted by Crippen LogP contribution is 2.38. The van der Waals surface area contributed by atoms with E-state index in [0.717, 1.165) is 16.7 Å². The summed E-state index contributed by atoms with van der Waals surface area (Å²) in [5.74, 6) is 0. The van der Waals surface area contributed by atoms with Crippen LogP contribution in [-0.2, 0) is 43.2 Å². The minimum atomic E-state index is -2.09. The lowest BCUT2D eigenvalue weighted by Gasteiger charge is -2.46. The topological polar surface area (TPSA) is 66.4 Å². The van der Waals surface area contributed by atoms with Gasteiger partial charge in [0, 0.05) is 0 Å². The minimum Gasteiger partial charge on any atom is -0.414 e. The Morgan fingerprint density at radius 2 is 1.05 bits per heavy atom. The molecule has 1 aliphatic rings. The smallest absolute Gasteiger partial charge is 0.192 e. The van der Waals surface area contributed by atoms with Gasteiger partial charge in [0.2, 0.25) is 0 Å². The van der Waals surface area contributed by atoms with E-state index in [1.165, 1.54) is 0 Å². The molecule has 1 fully saturated rings. The van der Waals surface area contributed by atoms with Crippen molar-refractivity contribution in [2.75, 3.05) is 6.61 Å². The van der Waals surface area contributed by atoms with Crippen LogP contribution in [0, 0.1) is 0 Å². The zero-order valence-corrected chi connectivity index (χ0v) is 25.4. The van der Waals surface area contributed by atoms with E-state index in [9.17, 15) is 5.11 Å². The lowest BCUT2D eigenvalue weighted by atomic mass is 9.98. The lowest BCUT2D eigenvalue weighted by molar-refractivity contribution is -0.314. The van der Waals surface area contributed by atoms with E-state index in [-0.39, 0.29) is 5.04 Å². The van der Waals surface area contributed by atoms with Crippen molar-refractivity contribution >= 4 is 8.32 Å². The molecule has 0 bridgehead atoms. The number of hydrogen-bond acceptors (Lipinski definition) is 6. The fourth-order valence-electron chi connectivity index (χ4n) is 4.40. The third-order valence-electron chi connectivity index (χ3n) is 7.88. The molecule has 1 aliphatic heterocycles. The first-order valence-electron chi connectivity index (χ1n) is 14.1. The van der Waals surface area contributed by atoms with E-state index in [1.54, 1.807) is 0 Å². The summed E-state index contributed by atoms with van der Waals surface area (Å²) in [6.07, 6.45) is -3.62. The molecule has 6 nitrogen and oxygen atoms in total. The zero-order chi connectivity index (χ0) is 28.6. The van der Waals surface area contributed by atoms with Gasteiger partial charge >= 0.3 is 0 Å². The first kappa shape index (κ1) is 30.6. The molecule has 0 spiro atoms. The van der Waals surface area contributed by atoms with E-state index in [4.69, 9.17) is 23.4 Å². The van der Waals surface area contributed by atoms with Gasteiger partial charge in [-0.25, -0.2) is 0 Å². The van der Waals surface area contributed by atoms with E-state index < -0.39 is 39.0 Å². The zero-order valence-electron chi connectivity index (χ0n) is 24.4. The Kier molecular flexibility index (Phi) is 10.7. The molecule has 0 unspecified atom stereocenters. The van der Waals surface area contributed by atoms with E-state index in [1.807, 2.05) is 91.0 Å². The van der Waals surface area contributed by atoms with Crippen LogP contribution in [0.4, 0.5) is 0 Å². The summed E-state index contributed by atoms with van der Waals surface area (Å²) < 4.78 is 32.2. The summed E-state index contributed by atoms with van der Waals surface area (Å²) in [6.45, 7) is 12.4. The Hall–Kier alpha value is -2.36. The number of aliphatic hydroxyl groups is 1. The number of hydrogen-bond donors (Lipinski definition) is 1. The maximum absolute atomic E-state index is 11.3. The minimum absolute atomic E-state index is 0.0330. The van der Waals surface area contributed by atoms with Crippen molar-refractivity contribution in [2.45, 2.75) is 89.4 Å². The Morgan fingerprint density at radius 3 is 1.48 bits per heavy atom. The predicted molar refractivity (Wildman–Crippen MR) is 159 cm³/mol. The van der Waals surface area contributed by atoms with Crippen LogP contribution in [-0.4, -0.2) is 50.7 Å². The highest BCUT2D eigenvalue weighted by Gasteiger charge is 2.49. The molecule has 0 saturated carbocycles. The van der Waals surface area contributed by atoms with Crippen LogP contribution < -0.4 is 0 Å². The van der Waals surface area contributed by atoms with E-state index >= 15 is 0 Å². The molecule has 3 aromatic carbocycles. The third-order valence-corrected chi connectivity index (χ3v) is 12.4. The normalized spacial score (nSPS) is 23.7. The maximum atomic E-state index is 11.3. The van der Waals surface area contributed by atoms with Gasteiger partial charge in [0.15, 0.2) is 14.6 Å². The SMILES string of the molecule is CC(C)(C)[Si](C)(C)OC[C@H]1O[C@H](O)[C@H](OCc2ccccc2)[C@H](OCc2ccccc2)[C@H]1OCc1ccccc1. The van der Waals surface area contributed by atoms with Crippen LogP contribution in [0.5, 0.6) is 0 Å². The fourth-order valence-corrected chi connectivity index (χ4v) is 5.42. The number of ether oxygens (including phenoxy) is 4.